The minimum atomic E-state index is -0.141. The van der Waals surface area contributed by atoms with Crippen LogP contribution >= 0.6 is 23.2 Å². The fourth-order valence-corrected chi connectivity index (χ4v) is 3.37. The van der Waals surface area contributed by atoms with E-state index in [0.29, 0.717) is 15.6 Å². The van der Waals surface area contributed by atoms with Gasteiger partial charge < -0.3 is 5.32 Å². The number of nitrogens with one attached hydrogen (secondary N) is 1. The van der Waals surface area contributed by atoms with Crippen LogP contribution in [0.1, 0.15) is 22.3 Å². The van der Waals surface area contributed by atoms with E-state index < -0.39 is 0 Å². The third-order valence-electron chi connectivity index (χ3n) is 4.03. The monoisotopic (exact) mass is 348 g/mol. The molecule has 2 aromatic rings. The molecule has 0 unspecified atom stereocenters. The average Bonchev–Trinajstić information content (AvgIpc) is 2.95. The van der Waals surface area contributed by atoms with Crippen LogP contribution in [-0.4, -0.2) is 29.9 Å². The van der Waals surface area contributed by atoms with Gasteiger partial charge in [0.2, 0.25) is 0 Å². The summed E-state index contributed by atoms with van der Waals surface area (Å²) in [7, 11) is 0. The van der Waals surface area contributed by atoms with Gasteiger partial charge in [0.25, 0.3) is 5.91 Å². The maximum Gasteiger partial charge on any atom is 0.253 e. The zero-order chi connectivity index (χ0) is 16.2. The van der Waals surface area contributed by atoms with E-state index in [1.54, 1.807) is 18.2 Å². The summed E-state index contributed by atoms with van der Waals surface area (Å²) in [4.78, 5) is 14.7. The summed E-state index contributed by atoms with van der Waals surface area (Å²) in [6.45, 7) is 2.74. The van der Waals surface area contributed by atoms with Crippen molar-refractivity contribution in [1.29, 1.82) is 0 Å². The van der Waals surface area contributed by atoms with E-state index in [1.807, 2.05) is 18.2 Å². The molecule has 1 N–H and O–H groups in total. The van der Waals surface area contributed by atoms with Crippen LogP contribution in [0.4, 0.5) is 0 Å². The van der Waals surface area contributed by atoms with Gasteiger partial charge in [0.1, 0.15) is 0 Å². The third kappa shape index (κ3) is 4.25. The first-order chi connectivity index (χ1) is 11.1. The number of amides is 1. The Morgan fingerprint density at radius 1 is 1.17 bits per heavy atom. The van der Waals surface area contributed by atoms with Crippen molar-refractivity contribution in [3.05, 3.63) is 69.7 Å². The molecule has 23 heavy (non-hydrogen) atoms. The van der Waals surface area contributed by atoms with E-state index in [4.69, 9.17) is 23.2 Å². The predicted octanol–water partition coefficient (Wildman–Crippen LogP) is 4.00. The van der Waals surface area contributed by atoms with Crippen LogP contribution in [0, 0.1) is 0 Å². The molecule has 0 bridgehead atoms. The van der Waals surface area contributed by atoms with Crippen LogP contribution in [-0.2, 0) is 6.54 Å². The minimum Gasteiger partial charge on any atom is -0.348 e. The van der Waals surface area contributed by atoms with Crippen molar-refractivity contribution < 1.29 is 4.79 Å². The SMILES string of the molecule is O=C(N[C@@H]1CCN(Cc2ccccc2)C1)c1ccc(Cl)cc1Cl. The van der Waals surface area contributed by atoms with Crippen molar-refractivity contribution in [3.63, 3.8) is 0 Å². The molecule has 1 aliphatic rings. The predicted molar refractivity (Wildman–Crippen MR) is 94.1 cm³/mol. The Hall–Kier alpha value is -1.55. The highest BCUT2D eigenvalue weighted by Crippen LogP contribution is 2.21. The quantitative estimate of drug-likeness (QED) is 0.905. The first kappa shape index (κ1) is 16.3. The standard InChI is InChI=1S/C18H18Cl2N2O/c19-14-6-7-16(17(20)10-14)18(23)21-15-8-9-22(12-15)11-13-4-2-1-3-5-13/h1-7,10,15H,8-9,11-12H2,(H,21,23)/t15-/m1/s1. The largest absolute Gasteiger partial charge is 0.348 e. The number of hydrogen-bond acceptors (Lipinski definition) is 2. The smallest absolute Gasteiger partial charge is 0.253 e. The second-order valence-electron chi connectivity index (χ2n) is 5.80. The summed E-state index contributed by atoms with van der Waals surface area (Å²) >= 11 is 12.0. The fourth-order valence-electron chi connectivity index (χ4n) is 2.87. The van der Waals surface area contributed by atoms with Crippen molar-refractivity contribution in [2.45, 2.75) is 19.0 Å². The number of nitrogens with zero attached hydrogens (tertiary/aromatic N) is 1. The van der Waals surface area contributed by atoms with Crippen LogP contribution in [0.25, 0.3) is 0 Å². The number of halogens is 2. The first-order valence-corrected chi connectivity index (χ1v) is 8.39. The highest BCUT2D eigenvalue weighted by molar-refractivity contribution is 6.36. The molecule has 2 aromatic carbocycles. The molecule has 0 spiro atoms. The molecule has 3 rings (SSSR count). The summed E-state index contributed by atoms with van der Waals surface area (Å²) in [5.74, 6) is -0.141. The number of carbonyl (C=O) groups excluding carboxylic acids is 1. The van der Waals surface area contributed by atoms with Gasteiger partial charge in [0, 0.05) is 30.7 Å². The first-order valence-electron chi connectivity index (χ1n) is 7.64. The Kier molecular flexibility index (Phi) is 5.21. The summed E-state index contributed by atoms with van der Waals surface area (Å²) in [6, 6.07) is 15.5. The van der Waals surface area contributed by atoms with E-state index in [9.17, 15) is 4.79 Å². The van der Waals surface area contributed by atoms with Gasteiger partial charge in [-0.3, -0.25) is 9.69 Å². The molecule has 3 nitrogen and oxygen atoms in total. The van der Waals surface area contributed by atoms with Crippen molar-refractivity contribution >= 4 is 29.1 Å². The molecule has 1 heterocycles. The lowest BCUT2D eigenvalue weighted by molar-refractivity contribution is 0.0938. The number of rotatable bonds is 4. The molecule has 5 heteroatoms. The number of likely N-dealkylation sites (tertiary alicyclic amines) is 1. The van der Waals surface area contributed by atoms with Crippen LogP contribution in [0.15, 0.2) is 48.5 Å². The molecule has 1 aliphatic heterocycles. The van der Waals surface area contributed by atoms with Crippen LogP contribution in [0.3, 0.4) is 0 Å². The highest BCUT2D eigenvalue weighted by atomic mass is 35.5. The maximum absolute atomic E-state index is 12.3. The number of hydrogen-bond donors (Lipinski definition) is 1. The van der Waals surface area contributed by atoms with Gasteiger partial charge in [0.15, 0.2) is 0 Å². The van der Waals surface area contributed by atoms with Gasteiger partial charge in [-0.2, -0.15) is 0 Å². The molecule has 1 saturated heterocycles. The van der Waals surface area contributed by atoms with Crippen molar-refractivity contribution in [1.82, 2.24) is 10.2 Å². The third-order valence-corrected chi connectivity index (χ3v) is 4.58. The van der Waals surface area contributed by atoms with E-state index in [-0.39, 0.29) is 11.9 Å². The van der Waals surface area contributed by atoms with Gasteiger partial charge in [-0.15, -0.1) is 0 Å². The molecule has 120 valence electrons. The Morgan fingerprint density at radius 2 is 1.96 bits per heavy atom. The summed E-state index contributed by atoms with van der Waals surface area (Å²) in [6.07, 6.45) is 0.948. The van der Waals surface area contributed by atoms with Crippen LogP contribution in [0.2, 0.25) is 10.0 Å². The topological polar surface area (TPSA) is 32.3 Å². The second-order valence-corrected chi connectivity index (χ2v) is 6.65. The number of carbonyl (C=O) groups is 1. The Balaban J connectivity index is 1.56. The average molecular weight is 349 g/mol. The summed E-state index contributed by atoms with van der Waals surface area (Å²) in [5, 5.41) is 3.98. The lowest BCUT2D eigenvalue weighted by Gasteiger charge is -2.17. The Morgan fingerprint density at radius 3 is 2.70 bits per heavy atom. The normalized spacial score (nSPS) is 18.1. The number of benzene rings is 2. The van der Waals surface area contributed by atoms with Crippen LogP contribution in [0.5, 0.6) is 0 Å². The Bertz CT molecular complexity index is 691. The molecule has 0 aliphatic carbocycles. The van der Waals surface area contributed by atoms with Gasteiger partial charge in [0.05, 0.1) is 10.6 Å². The van der Waals surface area contributed by atoms with E-state index in [2.05, 4.69) is 22.3 Å². The van der Waals surface area contributed by atoms with E-state index in [0.717, 1.165) is 26.1 Å². The van der Waals surface area contributed by atoms with Crippen molar-refractivity contribution in [2.24, 2.45) is 0 Å². The highest BCUT2D eigenvalue weighted by Gasteiger charge is 2.24. The molecule has 1 fully saturated rings. The van der Waals surface area contributed by atoms with Gasteiger partial charge in [-0.05, 0) is 30.2 Å². The summed E-state index contributed by atoms with van der Waals surface area (Å²) in [5.41, 5.74) is 1.76. The maximum atomic E-state index is 12.3. The molecular weight excluding hydrogens is 331 g/mol. The molecule has 0 aromatic heterocycles. The molecule has 0 saturated carbocycles. The molecule has 1 atom stereocenters. The zero-order valence-electron chi connectivity index (χ0n) is 12.6. The lowest BCUT2D eigenvalue weighted by Crippen LogP contribution is -2.37. The van der Waals surface area contributed by atoms with Gasteiger partial charge in [-0.1, -0.05) is 53.5 Å². The van der Waals surface area contributed by atoms with Crippen LogP contribution < -0.4 is 5.32 Å². The van der Waals surface area contributed by atoms with E-state index >= 15 is 0 Å². The zero-order valence-corrected chi connectivity index (χ0v) is 14.1. The van der Waals surface area contributed by atoms with E-state index in [1.165, 1.54) is 5.56 Å². The van der Waals surface area contributed by atoms with Gasteiger partial charge >= 0.3 is 0 Å². The molecular formula is C18H18Cl2N2O. The van der Waals surface area contributed by atoms with Crippen molar-refractivity contribution in [2.75, 3.05) is 13.1 Å². The lowest BCUT2D eigenvalue weighted by atomic mass is 10.2. The summed E-state index contributed by atoms with van der Waals surface area (Å²) < 4.78 is 0. The molecule has 1 amide bonds. The minimum absolute atomic E-state index is 0.141. The Labute approximate surface area is 146 Å². The van der Waals surface area contributed by atoms with Crippen molar-refractivity contribution in [3.8, 4) is 0 Å². The fraction of sp³-hybridized carbons (Fsp3) is 0.278. The van der Waals surface area contributed by atoms with Gasteiger partial charge in [-0.25, -0.2) is 0 Å². The molecule has 0 radical (unpaired) electrons. The second kappa shape index (κ2) is 7.35.